The fourth-order valence-electron chi connectivity index (χ4n) is 4.78. The molecule has 5 nitrogen and oxygen atoms in total. The molecule has 5 rings (SSSR count). The van der Waals surface area contributed by atoms with E-state index in [2.05, 4.69) is 29.6 Å². The lowest BCUT2D eigenvalue weighted by molar-refractivity contribution is -0.0804. The summed E-state index contributed by atoms with van der Waals surface area (Å²) >= 11 is 0. The molecule has 2 heterocycles. The smallest absolute Gasteiger partial charge is 0.255 e. The van der Waals surface area contributed by atoms with Gasteiger partial charge in [-0.15, -0.1) is 0 Å². The molecule has 5 heteroatoms. The SMILES string of the molecule is O=C(NC1C2CCc3ccccc3C21)c1ccoc1C1(O)CCOCC1. The Morgan fingerprint density at radius 1 is 1.19 bits per heavy atom. The van der Waals surface area contributed by atoms with E-state index < -0.39 is 5.60 Å². The number of nitrogens with one attached hydrogen (secondary N) is 1. The highest BCUT2D eigenvalue weighted by atomic mass is 16.5. The van der Waals surface area contributed by atoms with E-state index in [-0.39, 0.29) is 11.9 Å². The molecule has 1 aromatic carbocycles. The van der Waals surface area contributed by atoms with Crippen molar-refractivity contribution in [2.24, 2.45) is 5.92 Å². The number of aryl methyl sites for hydroxylation is 1. The molecule has 26 heavy (non-hydrogen) atoms. The minimum atomic E-state index is -1.11. The normalized spacial score (nSPS) is 28.7. The second-order valence-corrected chi connectivity index (χ2v) is 7.73. The van der Waals surface area contributed by atoms with Crippen molar-refractivity contribution in [2.75, 3.05) is 13.2 Å². The van der Waals surface area contributed by atoms with E-state index in [1.807, 2.05) is 0 Å². The average Bonchev–Trinajstić information content (AvgIpc) is 3.13. The fraction of sp³-hybridized carbons (Fsp3) is 0.476. The van der Waals surface area contributed by atoms with Crippen LogP contribution in [0.1, 0.15) is 52.4 Å². The van der Waals surface area contributed by atoms with Crippen molar-refractivity contribution in [3.05, 3.63) is 59.0 Å². The van der Waals surface area contributed by atoms with Crippen LogP contribution in [0.5, 0.6) is 0 Å². The Hall–Kier alpha value is -2.11. The molecule has 1 aliphatic heterocycles. The predicted octanol–water partition coefficient (Wildman–Crippen LogP) is 2.74. The number of ether oxygens (including phenoxy) is 1. The minimum absolute atomic E-state index is 0.148. The van der Waals surface area contributed by atoms with Gasteiger partial charge in [0, 0.05) is 38.0 Å². The molecule has 0 bridgehead atoms. The molecular weight excluding hydrogens is 330 g/mol. The third-order valence-corrected chi connectivity index (χ3v) is 6.28. The molecule has 136 valence electrons. The van der Waals surface area contributed by atoms with Gasteiger partial charge in [-0.1, -0.05) is 24.3 Å². The number of carbonyl (C=O) groups is 1. The first-order chi connectivity index (χ1) is 12.7. The first-order valence-corrected chi connectivity index (χ1v) is 9.44. The summed E-state index contributed by atoms with van der Waals surface area (Å²) in [5.41, 5.74) is 2.12. The maximum atomic E-state index is 12.9. The standard InChI is InChI=1S/C21H23NO4/c23-20(16-7-10-26-19(16)21(24)8-11-25-12-9-21)22-18-15-6-5-13-3-1-2-4-14(13)17(15)18/h1-4,7,10,15,17-18,24H,5-6,8-9,11-12H2,(H,22,23). The van der Waals surface area contributed by atoms with E-state index in [1.54, 1.807) is 6.07 Å². The zero-order valence-corrected chi connectivity index (χ0v) is 14.6. The first-order valence-electron chi connectivity index (χ1n) is 9.44. The zero-order valence-electron chi connectivity index (χ0n) is 14.6. The summed E-state index contributed by atoms with van der Waals surface area (Å²) in [6.07, 6.45) is 4.59. The van der Waals surface area contributed by atoms with Crippen molar-refractivity contribution in [1.29, 1.82) is 0 Å². The molecule has 1 saturated carbocycles. The Morgan fingerprint density at radius 2 is 2.00 bits per heavy atom. The molecule has 0 spiro atoms. The van der Waals surface area contributed by atoms with Crippen LogP contribution in [0, 0.1) is 5.92 Å². The van der Waals surface area contributed by atoms with E-state index in [0.717, 1.165) is 12.8 Å². The zero-order chi connectivity index (χ0) is 17.7. The van der Waals surface area contributed by atoms with Crippen LogP contribution in [0.4, 0.5) is 0 Å². The van der Waals surface area contributed by atoms with Crippen molar-refractivity contribution >= 4 is 5.91 Å². The minimum Gasteiger partial charge on any atom is -0.465 e. The molecule has 1 saturated heterocycles. The van der Waals surface area contributed by atoms with E-state index >= 15 is 0 Å². The Labute approximate surface area is 152 Å². The van der Waals surface area contributed by atoms with E-state index in [4.69, 9.17) is 9.15 Å². The van der Waals surface area contributed by atoms with Gasteiger partial charge in [0.2, 0.25) is 0 Å². The van der Waals surface area contributed by atoms with Gasteiger partial charge in [0.1, 0.15) is 11.4 Å². The highest BCUT2D eigenvalue weighted by Gasteiger charge is 2.54. The van der Waals surface area contributed by atoms with Gasteiger partial charge in [0.25, 0.3) is 5.91 Å². The second-order valence-electron chi connectivity index (χ2n) is 7.73. The topological polar surface area (TPSA) is 71.7 Å². The van der Waals surface area contributed by atoms with Crippen molar-refractivity contribution in [2.45, 2.75) is 43.2 Å². The predicted molar refractivity (Wildman–Crippen MR) is 94.9 cm³/mol. The molecule has 1 amide bonds. The number of furan rings is 1. The van der Waals surface area contributed by atoms with Crippen LogP contribution in [0.3, 0.4) is 0 Å². The van der Waals surface area contributed by atoms with Crippen molar-refractivity contribution in [3.8, 4) is 0 Å². The van der Waals surface area contributed by atoms with Gasteiger partial charge in [-0.25, -0.2) is 0 Å². The van der Waals surface area contributed by atoms with Gasteiger partial charge in [0.15, 0.2) is 0 Å². The highest BCUT2D eigenvalue weighted by molar-refractivity contribution is 5.96. The molecule has 2 N–H and O–H groups in total. The molecule has 2 fully saturated rings. The van der Waals surface area contributed by atoms with Crippen molar-refractivity contribution in [1.82, 2.24) is 5.32 Å². The number of rotatable bonds is 3. The number of aliphatic hydroxyl groups is 1. The number of hydrogen-bond donors (Lipinski definition) is 2. The molecule has 0 radical (unpaired) electrons. The lowest BCUT2D eigenvalue weighted by Crippen LogP contribution is -2.36. The summed E-state index contributed by atoms with van der Waals surface area (Å²) in [6.45, 7) is 0.948. The van der Waals surface area contributed by atoms with Gasteiger partial charge in [-0.2, -0.15) is 0 Å². The molecule has 3 aliphatic rings. The van der Waals surface area contributed by atoms with E-state index in [9.17, 15) is 9.90 Å². The lowest BCUT2D eigenvalue weighted by atomic mass is 9.89. The third kappa shape index (κ3) is 2.49. The first kappa shape index (κ1) is 16.1. The number of benzene rings is 1. The molecule has 2 aromatic rings. The molecule has 1 aromatic heterocycles. The summed E-state index contributed by atoms with van der Waals surface area (Å²) in [6, 6.07) is 10.4. The second kappa shape index (κ2) is 5.96. The third-order valence-electron chi connectivity index (χ3n) is 6.28. The Morgan fingerprint density at radius 3 is 2.85 bits per heavy atom. The van der Waals surface area contributed by atoms with Gasteiger partial charge in [-0.05, 0) is 36.0 Å². The average molecular weight is 353 g/mol. The maximum Gasteiger partial charge on any atom is 0.255 e. The summed E-state index contributed by atoms with van der Waals surface area (Å²) in [5, 5.41) is 14.1. The molecular formula is C21H23NO4. The Bertz CT molecular complexity index is 836. The van der Waals surface area contributed by atoms with Crippen LogP contribution < -0.4 is 5.32 Å². The Kier molecular flexibility index (Phi) is 3.69. The van der Waals surface area contributed by atoms with Crippen LogP contribution in [-0.2, 0) is 16.8 Å². The maximum absolute atomic E-state index is 12.9. The van der Waals surface area contributed by atoms with Gasteiger partial charge < -0.3 is 19.6 Å². The number of hydrogen-bond acceptors (Lipinski definition) is 4. The summed E-state index contributed by atoms with van der Waals surface area (Å²) < 4.78 is 10.9. The van der Waals surface area contributed by atoms with Gasteiger partial charge in [0.05, 0.1) is 11.8 Å². The van der Waals surface area contributed by atoms with E-state index in [1.165, 1.54) is 17.4 Å². The van der Waals surface area contributed by atoms with Crippen LogP contribution >= 0.6 is 0 Å². The fourth-order valence-corrected chi connectivity index (χ4v) is 4.78. The number of carbonyl (C=O) groups excluding carboxylic acids is 1. The lowest BCUT2D eigenvalue weighted by Gasteiger charge is -2.30. The number of amides is 1. The van der Waals surface area contributed by atoms with Crippen molar-refractivity contribution in [3.63, 3.8) is 0 Å². The van der Waals surface area contributed by atoms with Crippen LogP contribution in [-0.4, -0.2) is 30.3 Å². The molecule has 2 aliphatic carbocycles. The van der Waals surface area contributed by atoms with Crippen LogP contribution in [0.2, 0.25) is 0 Å². The summed E-state index contributed by atoms with van der Waals surface area (Å²) in [5.74, 6) is 1.17. The molecule has 3 atom stereocenters. The summed E-state index contributed by atoms with van der Waals surface area (Å²) in [4.78, 5) is 12.9. The number of fused-ring (bicyclic) bond motifs is 3. The largest absolute Gasteiger partial charge is 0.465 e. The monoisotopic (exact) mass is 353 g/mol. The van der Waals surface area contributed by atoms with Crippen molar-refractivity contribution < 1.29 is 19.1 Å². The van der Waals surface area contributed by atoms with Gasteiger partial charge in [-0.3, -0.25) is 4.79 Å². The van der Waals surface area contributed by atoms with Crippen LogP contribution in [0.15, 0.2) is 41.0 Å². The highest BCUT2D eigenvalue weighted by Crippen LogP contribution is 2.54. The van der Waals surface area contributed by atoms with Crippen LogP contribution in [0.25, 0.3) is 0 Å². The quantitative estimate of drug-likeness (QED) is 0.890. The Balaban J connectivity index is 1.35. The van der Waals surface area contributed by atoms with Gasteiger partial charge >= 0.3 is 0 Å². The summed E-state index contributed by atoms with van der Waals surface area (Å²) in [7, 11) is 0. The van der Waals surface area contributed by atoms with E-state index in [0.29, 0.717) is 49.2 Å². The molecule has 3 unspecified atom stereocenters.